The molecule has 0 radical (unpaired) electrons. The Morgan fingerprint density at radius 2 is 1.15 bits per heavy atom. The smallest absolute Gasteiger partial charge is 0.460 e. The molecule has 0 unspecified atom stereocenters. The van der Waals surface area contributed by atoms with E-state index in [0.717, 1.165) is 0 Å². The summed E-state index contributed by atoms with van der Waals surface area (Å²) in [5.41, 5.74) is 0.447. The number of carbonyl (C=O) groups is 1. The lowest BCUT2D eigenvalue weighted by molar-refractivity contribution is -0.440. The van der Waals surface area contributed by atoms with Crippen LogP contribution in [0.25, 0.3) is 0 Å². The maximum atomic E-state index is 13.2. The fraction of sp³-hybridized carbons (Fsp3) is 0.727. The fourth-order valence-electron chi connectivity index (χ4n) is 1.34. The van der Waals surface area contributed by atoms with Gasteiger partial charge >= 0.3 is 41.8 Å². The number of esters is 1. The minimum atomic E-state index is -7.96. The molecule has 0 aliphatic carbocycles. The van der Waals surface area contributed by atoms with Crippen molar-refractivity contribution < 1.29 is 66.6 Å². The monoisotopic (exact) mass is 452 g/mol. The molecule has 0 heterocycles. The molecule has 27 heavy (non-hydrogen) atoms. The highest BCUT2D eigenvalue weighted by atomic mass is 35.5. The highest BCUT2D eigenvalue weighted by Crippen LogP contribution is 2.60. The van der Waals surface area contributed by atoms with Crippen molar-refractivity contribution in [3.05, 3.63) is 11.6 Å². The normalized spacial score (nSPS) is 15.3. The number of hydrogen-bond acceptors (Lipinski definition) is 2. The third-order valence-electron chi connectivity index (χ3n) is 2.86. The average molecular weight is 453 g/mol. The molecule has 0 saturated carbocycles. The van der Waals surface area contributed by atoms with Crippen molar-refractivity contribution in [2.45, 2.75) is 42.2 Å². The first-order valence-electron chi connectivity index (χ1n) is 6.10. The van der Waals surface area contributed by atoms with E-state index in [0.29, 0.717) is 11.6 Å². The number of rotatable bonds is 8. The van der Waals surface area contributed by atoms with Crippen LogP contribution in [-0.4, -0.2) is 48.4 Å². The van der Waals surface area contributed by atoms with Crippen molar-refractivity contribution in [3.63, 3.8) is 0 Å². The van der Waals surface area contributed by atoms with Gasteiger partial charge in [0.1, 0.15) is 0 Å². The third kappa shape index (κ3) is 4.37. The van der Waals surface area contributed by atoms with Gasteiger partial charge in [0.15, 0.2) is 0 Å². The van der Waals surface area contributed by atoms with Gasteiger partial charge in [0.25, 0.3) is 0 Å². The Labute approximate surface area is 145 Å². The second-order valence-electron chi connectivity index (χ2n) is 4.71. The zero-order valence-electron chi connectivity index (χ0n) is 12.2. The van der Waals surface area contributed by atoms with Gasteiger partial charge in [-0.05, 0) is 0 Å². The summed E-state index contributed by atoms with van der Waals surface area (Å²) in [6.45, 7) is -1.82. The first-order chi connectivity index (χ1) is 11.7. The Bertz CT molecular complexity index is 567. The standard InChI is InChI=1S/C11H6ClF13O2/c12-3-1-5(26)27-4-2-6(13,14)7(15,16)8(17,18)9(19,20)10(21,22)11(23,24)25/h1,3H,2,4H2/b3-1-. The van der Waals surface area contributed by atoms with Crippen molar-refractivity contribution in [1.29, 1.82) is 0 Å². The number of ether oxygens (including phenoxy) is 1. The second-order valence-corrected chi connectivity index (χ2v) is 4.96. The number of halogens is 14. The van der Waals surface area contributed by atoms with Gasteiger partial charge in [-0.25, -0.2) is 4.79 Å². The van der Waals surface area contributed by atoms with Gasteiger partial charge in [-0.2, -0.15) is 57.1 Å². The lowest BCUT2D eigenvalue weighted by Gasteiger charge is -2.39. The quantitative estimate of drug-likeness (QED) is 0.280. The summed E-state index contributed by atoms with van der Waals surface area (Å²) in [6.07, 6.45) is -9.76. The maximum Gasteiger partial charge on any atom is 0.460 e. The summed E-state index contributed by atoms with van der Waals surface area (Å²) < 4.78 is 169. The molecular weight excluding hydrogens is 447 g/mol. The van der Waals surface area contributed by atoms with Gasteiger partial charge in [-0.15, -0.1) is 0 Å². The summed E-state index contributed by atoms with van der Waals surface area (Å²) >= 11 is 4.83. The van der Waals surface area contributed by atoms with Gasteiger partial charge < -0.3 is 4.74 Å². The second kappa shape index (κ2) is 7.54. The largest absolute Gasteiger partial charge is 0.462 e. The number of alkyl halides is 13. The van der Waals surface area contributed by atoms with Crippen LogP contribution in [0.3, 0.4) is 0 Å². The molecule has 2 nitrogen and oxygen atoms in total. The molecule has 0 N–H and O–H groups in total. The maximum absolute atomic E-state index is 13.2. The Hall–Kier alpha value is -1.41. The molecule has 16 heteroatoms. The minimum absolute atomic E-state index is 0.324. The molecule has 0 aromatic carbocycles. The molecule has 0 aliphatic rings. The Kier molecular flexibility index (Phi) is 7.15. The van der Waals surface area contributed by atoms with Gasteiger partial charge in [0, 0.05) is 11.6 Å². The summed E-state index contributed by atoms with van der Waals surface area (Å²) in [5.74, 6) is -38.8. The van der Waals surface area contributed by atoms with E-state index in [-0.39, 0.29) is 0 Å². The van der Waals surface area contributed by atoms with E-state index in [9.17, 15) is 61.9 Å². The van der Waals surface area contributed by atoms with Crippen molar-refractivity contribution in [1.82, 2.24) is 0 Å². The van der Waals surface area contributed by atoms with Crippen LogP contribution in [0, 0.1) is 0 Å². The van der Waals surface area contributed by atoms with Crippen LogP contribution in [0.5, 0.6) is 0 Å². The molecule has 0 atom stereocenters. The van der Waals surface area contributed by atoms with Gasteiger partial charge in [0.05, 0.1) is 13.0 Å². The van der Waals surface area contributed by atoms with Crippen LogP contribution in [-0.2, 0) is 9.53 Å². The Morgan fingerprint density at radius 1 is 0.741 bits per heavy atom. The molecule has 0 spiro atoms. The molecule has 0 amide bonds. The first kappa shape index (κ1) is 25.6. The molecule has 160 valence electrons. The van der Waals surface area contributed by atoms with Gasteiger partial charge in [-0.1, -0.05) is 11.6 Å². The van der Waals surface area contributed by atoms with Crippen molar-refractivity contribution in [2.24, 2.45) is 0 Å². The fourth-order valence-corrected chi connectivity index (χ4v) is 1.44. The van der Waals surface area contributed by atoms with Gasteiger partial charge in [-0.3, -0.25) is 0 Å². The van der Waals surface area contributed by atoms with Crippen LogP contribution >= 0.6 is 11.6 Å². The van der Waals surface area contributed by atoms with Crippen LogP contribution in [0.1, 0.15) is 6.42 Å². The summed E-state index contributed by atoms with van der Waals surface area (Å²) in [6, 6.07) is 0. The molecule has 0 fully saturated rings. The van der Waals surface area contributed by atoms with Crippen molar-refractivity contribution in [3.8, 4) is 0 Å². The van der Waals surface area contributed by atoms with E-state index in [1.54, 1.807) is 0 Å². The molecule has 0 saturated heterocycles. The minimum Gasteiger partial charge on any atom is -0.462 e. The van der Waals surface area contributed by atoms with E-state index < -0.39 is 54.8 Å². The summed E-state index contributed by atoms with van der Waals surface area (Å²) in [7, 11) is 0. The van der Waals surface area contributed by atoms with E-state index >= 15 is 0 Å². The highest BCUT2D eigenvalue weighted by Gasteiger charge is 2.90. The topological polar surface area (TPSA) is 26.3 Å². The molecule has 0 aromatic heterocycles. The van der Waals surface area contributed by atoms with Crippen LogP contribution in [0.2, 0.25) is 0 Å². The highest BCUT2D eigenvalue weighted by molar-refractivity contribution is 6.26. The Morgan fingerprint density at radius 3 is 1.52 bits per heavy atom. The van der Waals surface area contributed by atoms with Crippen molar-refractivity contribution >= 4 is 17.6 Å². The Balaban J connectivity index is 5.77. The van der Waals surface area contributed by atoms with Crippen LogP contribution < -0.4 is 0 Å². The zero-order valence-corrected chi connectivity index (χ0v) is 12.9. The van der Waals surface area contributed by atoms with E-state index in [1.807, 2.05) is 0 Å². The molecule has 0 aliphatic heterocycles. The van der Waals surface area contributed by atoms with E-state index in [2.05, 4.69) is 4.74 Å². The zero-order chi connectivity index (χ0) is 22.1. The van der Waals surface area contributed by atoms with E-state index in [1.165, 1.54) is 0 Å². The summed E-state index contributed by atoms with van der Waals surface area (Å²) in [5, 5.41) is 0. The average Bonchev–Trinajstić information content (AvgIpc) is 2.45. The molecular formula is C11H6ClF13O2. The lowest BCUT2D eigenvalue weighted by atomic mass is 9.93. The SMILES string of the molecule is O=C(/C=C\Cl)OCCC(F)(F)C(F)(F)C(F)(F)C(F)(F)C(F)(F)C(F)(F)F. The lowest BCUT2D eigenvalue weighted by Crippen LogP contribution is -2.70. The molecule has 0 rings (SSSR count). The molecule has 0 bridgehead atoms. The van der Waals surface area contributed by atoms with E-state index in [4.69, 9.17) is 11.6 Å². The predicted molar refractivity (Wildman–Crippen MR) is 61.4 cm³/mol. The predicted octanol–water partition coefficient (Wildman–Crippen LogP) is 5.41. The summed E-state index contributed by atoms with van der Waals surface area (Å²) in [4.78, 5) is 10.7. The first-order valence-corrected chi connectivity index (χ1v) is 6.53. The third-order valence-corrected chi connectivity index (χ3v) is 2.98. The molecule has 0 aromatic rings. The number of carbonyl (C=O) groups excluding carboxylic acids is 1. The van der Waals surface area contributed by atoms with Gasteiger partial charge in [0.2, 0.25) is 0 Å². The number of hydrogen-bond donors (Lipinski definition) is 0. The van der Waals surface area contributed by atoms with Crippen LogP contribution in [0.15, 0.2) is 11.6 Å². The van der Waals surface area contributed by atoms with Crippen molar-refractivity contribution in [2.75, 3.05) is 6.61 Å². The van der Waals surface area contributed by atoms with Crippen LogP contribution in [0.4, 0.5) is 57.1 Å².